The van der Waals surface area contributed by atoms with E-state index in [1.165, 1.54) is 0 Å². The number of hydrogen-bond acceptors (Lipinski definition) is 2. The minimum Gasteiger partial charge on any atom is -0.384 e. The minimum absolute atomic E-state index is 0. The van der Waals surface area contributed by atoms with Gasteiger partial charge in [-0.15, -0.1) is 0 Å². The molecule has 1 unspecified atom stereocenters. The van der Waals surface area contributed by atoms with Gasteiger partial charge in [-0.1, -0.05) is 20.3 Å². The quantitative estimate of drug-likeness (QED) is 0.695. The largest absolute Gasteiger partial charge is 0.384 e. The Balaban J connectivity index is 0. The Labute approximate surface area is 94.3 Å². The third-order valence-electron chi connectivity index (χ3n) is 2.26. The summed E-state index contributed by atoms with van der Waals surface area (Å²) >= 11 is 0. The molecular weight excluding hydrogens is 183 g/mol. The van der Waals surface area contributed by atoms with E-state index < -0.39 is 5.60 Å². The van der Waals surface area contributed by atoms with E-state index in [-0.39, 0.29) is 25.8 Å². The fraction of sp³-hybridized carbons (Fsp3) is 0.889. The molecule has 0 spiro atoms. The Hall–Kier alpha value is 0.500. The van der Waals surface area contributed by atoms with Crippen molar-refractivity contribution in [2.24, 2.45) is 4.99 Å². The van der Waals surface area contributed by atoms with E-state index in [0.29, 0.717) is 0 Å². The van der Waals surface area contributed by atoms with Crippen LogP contribution in [0.2, 0.25) is 0 Å². The van der Waals surface area contributed by atoms with Gasteiger partial charge in [0.25, 0.3) is 0 Å². The van der Waals surface area contributed by atoms with E-state index >= 15 is 0 Å². The van der Waals surface area contributed by atoms with Gasteiger partial charge >= 0.3 is 0 Å². The molecule has 0 bridgehead atoms. The molecule has 0 aromatic carbocycles. The van der Waals surface area contributed by atoms with Crippen LogP contribution in [0.5, 0.6) is 0 Å². The molecule has 0 aromatic rings. The van der Waals surface area contributed by atoms with Gasteiger partial charge in [0, 0.05) is 38.6 Å². The molecule has 1 N–H and O–H groups in total. The van der Waals surface area contributed by atoms with Gasteiger partial charge < -0.3 is 5.11 Å². The molecule has 0 aliphatic carbocycles. The van der Waals surface area contributed by atoms with Crippen LogP contribution in [0.25, 0.3) is 0 Å². The Morgan fingerprint density at radius 3 is 2.17 bits per heavy atom. The van der Waals surface area contributed by atoms with Crippen molar-refractivity contribution in [2.45, 2.75) is 45.6 Å². The van der Waals surface area contributed by atoms with Gasteiger partial charge in [0.1, 0.15) is 5.60 Å². The van der Waals surface area contributed by atoms with Crippen LogP contribution in [0.15, 0.2) is 4.99 Å². The predicted octanol–water partition coefficient (Wildman–Crippen LogP) is 2.02. The normalized spacial score (nSPS) is 16.6. The zero-order valence-electron chi connectivity index (χ0n) is 8.59. The Kier molecular flexibility index (Phi) is 8.69. The van der Waals surface area contributed by atoms with Crippen LogP contribution < -0.4 is 0 Å². The number of rotatable bonds is 4. The smallest absolute Gasteiger partial charge is 0.102 e. The molecule has 1 radical (unpaired) electrons. The molecule has 0 aromatic heterocycles. The Morgan fingerprint density at radius 1 is 1.42 bits per heavy atom. The van der Waals surface area contributed by atoms with Crippen molar-refractivity contribution in [2.75, 3.05) is 7.05 Å². The first kappa shape index (κ1) is 15.0. The first-order valence-electron chi connectivity index (χ1n) is 4.27. The summed E-state index contributed by atoms with van der Waals surface area (Å²) in [7, 11) is 1.73. The van der Waals surface area contributed by atoms with Gasteiger partial charge in [0.05, 0.1) is 0 Å². The van der Waals surface area contributed by atoms with E-state index in [4.69, 9.17) is 0 Å². The number of aliphatic imine (C=N–C) groups is 1. The molecule has 69 valence electrons. The topological polar surface area (TPSA) is 32.6 Å². The molecule has 1 atom stereocenters. The van der Waals surface area contributed by atoms with Gasteiger partial charge in [-0.2, -0.15) is 0 Å². The van der Waals surface area contributed by atoms with Crippen LogP contribution in [-0.2, 0) is 25.8 Å². The monoisotopic (exact) mass is 202 g/mol. The summed E-state index contributed by atoms with van der Waals surface area (Å²) in [6.07, 6.45) is 2.56. The maximum Gasteiger partial charge on any atom is 0.102 e. The summed E-state index contributed by atoms with van der Waals surface area (Å²) in [6, 6.07) is 0. The van der Waals surface area contributed by atoms with Crippen molar-refractivity contribution in [1.29, 1.82) is 0 Å². The van der Waals surface area contributed by atoms with Crippen molar-refractivity contribution in [1.82, 2.24) is 0 Å². The van der Waals surface area contributed by atoms with Crippen molar-refractivity contribution in [3.63, 3.8) is 0 Å². The van der Waals surface area contributed by atoms with Gasteiger partial charge in [-0.25, -0.2) is 0 Å². The standard InChI is InChI=1S/C9H19NO.Sc/c1-5-7-9(11,6-2)8(3)10-4;/h11H,5-7H2,1-4H3;. The molecule has 3 heteroatoms. The first-order chi connectivity index (χ1) is 5.10. The van der Waals surface area contributed by atoms with Crippen molar-refractivity contribution in [3.8, 4) is 0 Å². The minimum atomic E-state index is -0.649. The number of aliphatic hydroxyl groups is 1. The third kappa shape index (κ3) is 3.94. The second kappa shape index (κ2) is 6.96. The molecule has 0 fully saturated rings. The predicted molar refractivity (Wildman–Crippen MR) is 49.2 cm³/mol. The SMILES string of the molecule is CCCC(O)(CC)C(C)=NC.[Sc]. The first-order valence-corrected chi connectivity index (χ1v) is 4.27. The molecule has 0 amide bonds. The fourth-order valence-corrected chi connectivity index (χ4v) is 1.24. The average molecular weight is 202 g/mol. The van der Waals surface area contributed by atoms with Crippen LogP contribution >= 0.6 is 0 Å². The van der Waals surface area contributed by atoms with Crippen LogP contribution in [0.1, 0.15) is 40.0 Å². The Bertz CT molecular complexity index is 147. The van der Waals surface area contributed by atoms with Crippen molar-refractivity contribution >= 4 is 5.71 Å². The van der Waals surface area contributed by atoms with Crippen molar-refractivity contribution in [3.05, 3.63) is 0 Å². The molecule has 0 saturated carbocycles. The Morgan fingerprint density at radius 2 is 1.92 bits per heavy atom. The summed E-state index contributed by atoms with van der Waals surface area (Å²) in [5, 5.41) is 9.96. The summed E-state index contributed by atoms with van der Waals surface area (Å²) in [6.45, 7) is 5.95. The zero-order chi connectivity index (χ0) is 8.91. The van der Waals surface area contributed by atoms with E-state index in [0.717, 1.165) is 25.0 Å². The molecular formula is C9H19NOSc. The van der Waals surface area contributed by atoms with Crippen LogP contribution in [0, 0.1) is 0 Å². The molecule has 12 heavy (non-hydrogen) atoms. The van der Waals surface area contributed by atoms with E-state index in [1.807, 2.05) is 13.8 Å². The maximum atomic E-state index is 9.96. The van der Waals surface area contributed by atoms with Gasteiger partial charge in [0.15, 0.2) is 0 Å². The summed E-state index contributed by atoms with van der Waals surface area (Å²) in [5.41, 5.74) is 0.200. The van der Waals surface area contributed by atoms with Crippen LogP contribution in [-0.4, -0.2) is 23.5 Å². The average Bonchev–Trinajstić information content (AvgIpc) is 2.03. The summed E-state index contributed by atoms with van der Waals surface area (Å²) in [4.78, 5) is 4.02. The molecule has 0 aliphatic rings. The van der Waals surface area contributed by atoms with Crippen LogP contribution in [0.3, 0.4) is 0 Å². The van der Waals surface area contributed by atoms with Gasteiger partial charge in [-0.3, -0.25) is 4.99 Å². The van der Waals surface area contributed by atoms with Crippen LogP contribution in [0.4, 0.5) is 0 Å². The molecule has 2 nitrogen and oxygen atoms in total. The molecule has 0 saturated heterocycles. The fourth-order valence-electron chi connectivity index (χ4n) is 1.24. The van der Waals surface area contributed by atoms with Gasteiger partial charge in [-0.05, 0) is 19.8 Å². The molecule has 0 aliphatic heterocycles. The second-order valence-corrected chi connectivity index (χ2v) is 2.94. The number of nitrogens with zero attached hydrogens (tertiary/aromatic N) is 1. The summed E-state index contributed by atoms with van der Waals surface area (Å²) in [5.74, 6) is 0. The maximum absolute atomic E-state index is 9.96. The zero-order valence-corrected chi connectivity index (χ0v) is 10.4. The number of hydrogen-bond donors (Lipinski definition) is 1. The molecule has 0 heterocycles. The van der Waals surface area contributed by atoms with E-state index in [9.17, 15) is 5.11 Å². The van der Waals surface area contributed by atoms with Crippen molar-refractivity contribution < 1.29 is 30.9 Å². The van der Waals surface area contributed by atoms with Gasteiger partial charge in [0.2, 0.25) is 0 Å². The van der Waals surface area contributed by atoms with E-state index in [1.54, 1.807) is 7.05 Å². The summed E-state index contributed by atoms with van der Waals surface area (Å²) < 4.78 is 0. The third-order valence-corrected chi connectivity index (χ3v) is 2.26. The second-order valence-electron chi connectivity index (χ2n) is 2.94. The molecule has 0 rings (SSSR count). The van der Waals surface area contributed by atoms with E-state index in [2.05, 4.69) is 11.9 Å².